The SMILES string of the molecule is O=C(CC1(n2cccc2)CCOCC1)Nc1ccc2cc[nH]c2c1. The van der Waals surface area contributed by atoms with Gasteiger partial charge in [0.25, 0.3) is 0 Å². The van der Waals surface area contributed by atoms with Gasteiger partial charge in [0, 0.05) is 43.0 Å². The van der Waals surface area contributed by atoms with E-state index in [1.54, 1.807) is 0 Å². The van der Waals surface area contributed by atoms with Crippen LogP contribution in [0.5, 0.6) is 0 Å². The molecule has 0 atom stereocenters. The second-order valence-electron chi connectivity index (χ2n) is 6.43. The predicted molar refractivity (Wildman–Crippen MR) is 94.0 cm³/mol. The number of nitrogens with one attached hydrogen (secondary N) is 2. The molecule has 4 rings (SSSR count). The zero-order chi connectivity index (χ0) is 16.4. The van der Waals surface area contributed by atoms with Crippen molar-refractivity contribution in [3.05, 3.63) is 55.0 Å². The van der Waals surface area contributed by atoms with Gasteiger partial charge in [-0.25, -0.2) is 0 Å². The minimum Gasteiger partial charge on any atom is -0.381 e. The first-order valence-electron chi connectivity index (χ1n) is 8.33. The number of carbonyl (C=O) groups is 1. The van der Waals surface area contributed by atoms with E-state index in [4.69, 9.17) is 4.74 Å². The number of hydrogen-bond acceptors (Lipinski definition) is 2. The lowest BCUT2D eigenvalue weighted by molar-refractivity contribution is -0.119. The number of hydrogen-bond donors (Lipinski definition) is 2. The van der Waals surface area contributed by atoms with Gasteiger partial charge in [0.1, 0.15) is 0 Å². The van der Waals surface area contributed by atoms with Gasteiger partial charge < -0.3 is 19.6 Å². The summed E-state index contributed by atoms with van der Waals surface area (Å²) in [7, 11) is 0. The van der Waals surface area contributed by atoms with Crippen molar-refractivity contribution in [1.29, 1.82) is 0 Å². The number of rotatable bonds is 4. The maximum atomic E-state index is 12.7. The van der Waals surface area contributed by atoms with Crippen molar-refractivity contribution in [2.75, 3.05) is 18.5 Å². The molecular weight excluding hydrogens is 302 g/mol. The molecule has 3 aromatic rings. The molecule has 0 saturated carbocycles. The van der Waals surface area contributed by atoms with Crippen LogP contribution < -0.4 is 5.32 Å². The van der Waals surface area contributed by atoms with E-state index in [0.29, 0.717) is 19.6 Å². The lowest BCUT2D eigenvalue weighted by Crippen LogP contribution is -2.42. The molecule has 2 aromatic heterocycles. The van der Waals surface area contributed by atoms with E-state index in [1.807, 2.05) is 55.0 Å². The normalized spacial score (nSPS) is 17.0. The first kappa shape index (κ1) is 15.0. The third kappa shape index (κ3) is 2.83. The van der Waals surface area contributed by atoms with Gasteiger partial charge in [0.15, 0.2) is 0 Å². The Morgan fingerprint density at radius 3 is 2.79 bits per heavy atom. The van der Waals surface area contributed by atoms with E-state index < -0.39 is 0 Å². The van der Waals surface area contributed by atoms with Crippen LogP contribution in [0.15, 0.2) is 55.0 Å². The van der Waals surface area contributed by atoms with E-state index in [0.717, 1.165) is 29.4 Å². The molecule has 1 aromatic carbocycles. The van der Waals surface area contributed by atoms with Gasteiger partial charge in [-0.15, -0.1) is 0 Å². The van der Waals surface area contributed by atoms with Gasteiger partial charge >= 0.3 is 0 Å². The first-order chi connectivity index (χ1) is 11.8. The molecule has 5 nitrogen and oxygen atoms in total. The van der Waals surface area contributed by atoms with Crippen molar-refractivity contribution >= 4 is 22.5 Å². The number of aromatic amines is 1. The molecule has 1 saturated heterocycles. The summed E-state index contributed by atoms with van der Waals surface area (Å²) < 4.78 is 7.68. The second kappa shape index (κ2) is 6.17. The van der Waals surface area contributed by atoms with Crippen molar-refractivity contribution in [1.82, 2.24) is 9.55 Å². The maximum Gasteiger partial charge on any atom is 0.226 e. The minimum absolute atomic E-state index is 0.0384. The molecule has 1 aliphatic rings. The van der Waals surface area contributed by atoms with Crippen LogP contribution in [-0.2, 0) is 15.1 Å². The molecule has 24 heavy (non-hydrogen) atoms. The summed E-state index contributed by atoms with van der Waals surface area (Å²) >= 11 is 0. The Labute approximate surface area is 140 Å². The number of benzene rings is 1. The van der Waals surface area contributed by atoms with Crippen molar-refractivity contribution in [3.63, 3.8) is 0 Å². The fourth-order valence-corrected chi connectivity index (χ4v) is 3.56. The highest BCUT2D eigenvalue weighted by atomic mass is 16.5. The van der Waals surface area contributed by atoms with Crippen LogP contribution in [0.3, 0.4) is 0 Å². The number of ether oxygens (including phenoxy) is 1. The highest BCUT2D eigenvalue weighted by Crippen LogP contribution is 2.33. The van der Waals surface area contributed by atoms with Gasteiger partial charge in [0.2, 0.25) is 5.91 Å². The Balaban J connectivity index is 1.52. The zero-order valence-electron chi connectivity index (χ0n) is 13.5. The second-order valence-corrected chi connectivity index (χ2v) is 6.43. The summed E-state index contributed by atoms with van der Waals surface area (Å²) in [6.07, 6.45) is 8.15. The van der Waals surface area contributed by atoms with Crippen LogP contribution in [0.2, 0.25) is 0 Å². The quantitative estimate of drug-likeness (QED) is 0.772. The van der Waals surface area contributed by atoms with Crippen molar-refractivity contribution in [2.24, 2.45) is 0 Å². The van der Waals surface area contributed by atoms with Gasteiger partial charge in [-0.3, -0.25) is 4.79 Å². The highest BCUT2D eigenvalue weighted by molar-refractivity contribution is 5.94. The van der Waals surface area contributed by atoms with Crippen LogP contribution in [0, 0.1) is 0 Å². The van der Waals surface area contributed by atoms with E-state index >= 15 is 0 Å². The first-order valence-corrected chi connectivity index (χ1v) is 8.33. The number of amides is 1. The Hall–Kier alpha value is -2.53. The molecule has 1 aliphatic heterocycles. The van der Waals surface area contributed by atoms with Gasteiger partial charge in [-0.2, -0.15) is 0 Å². The average molecular weight is 323 g/mol. The topological polar surface area (TPSA) is 59.0 Å². The fourth-order valence-electron chi connectivity index (χ4n) is 3.56. The highest BCUT2D eigenvalue weighted by Gasteiger charge is 2.36. The summed E-state index contributed by atoms with van der Waals surface area (Å²) in [5.41, 5.74) is 1.66. The van der Waals surface area contributed by atoms with Crippen molar-refractivity contribution in [2.45, 2.75) is 24.8 Å². The molecule has 0 unspecified atom stereocenters. The summed E-state index contributed by atoms with van der Waals surface area (Å²) in [6.45, 7) is 1.39. The Morgan fingerprint density at radius 2 is 2.00 bits per heavy atom. The number of fused-ring (bicyclic) bond motifs is 1. The Morgan fingerprint density at radius 1 is 1.21 bits per heavy atom. The molecule has 3 heterocycles. The van der Waals surface area contributed by atoms with Crippen LogP contribution >= 0.6 is 0 Å². The van der Waals surface area contributed by atoms with Crippen LogP contribution in [0.1, 0.15) is 19.3 Å². The molecule has 5 heteroatoms. The largest absolute Gasteiger partial charge is 0.381 e. The summed E-state index contributed by atoms with van der Waals surface area (Å²) in [4.78, 5) is 15.9. The Kier molecular flexibility index (Phi) is 3.86. The molecule has 2 N–H and O–H groups in total. The molecule has 1 amide bonds. The van der Waals surface area contributed by atoms with Crippen molar-refractivity contribution < 1.29 is 9.53 Å². The molecule has 0 aliphatic carbocycles. The van der Waals surface area contributed by atoms with E-state index in [-0.39, 0.29) is 11.4 Å². The van der Waals surface area contributed by atoms with E-state index in [9.17, 15) is 4.79 Å². The lowest BCUT2D eigenvalue weighted by Gasteiger charge is -2.38. The summed E-state index contributed by atoms with van der Waals surface area (Å²) in [6, 6.07) is 12.0. The standard InChI is InChI=1S/C19H21N3O2/c23-18(21-16-4-3-15-5-8-20-17(15)13-16)14-19(6-11-24-12-7-19)22-9-1-2-10-22/h1-5,8-10,13,20H,6-7,11-12,14H2,(H,21,23). The van der Waals surface area contributed by atoms with Gasteiger partial charge in [-0.05, 0) is 48.6 Å². The van der Waals surface area contributed by atoms with Crippen LogP contribution in [0.4, 0.5) is 5.69 Å². The molecule has 124 valence electrons. The minimum atomic E-state index is -0.192. The summed E-state index contributed by atoms with van der Waals surface area (Å²) in [5.74, 6) is 0.0384. The van der Waals surface area contributed by atoms with Crippen LogP contribution in [0.25, 0.3) is 10.9 Å². The Bertz CT molecular complexity index is 829. The van der Waals surface area contributed by atoms with Gasteiger partial charge in [-0.1, -0.05) is 6.07 Å². The molecule has 0 spiro atoms. The van der Waals surface area contributed by atoms with Crippen molar-refractivity contribution in [3.8, 4) is 0 Å². The number of anilines is 1. The fraction of sp³-hybridized carbons (Fsp3) is 0.316. The van der Waals surface area contributed by atoms with Gasteiger partial charge in [0.05, 0.1) is 12.0 Å². The molecule has 0 radical (unpaired) electrons. The summed E-state index contributed by atoms with van der Waals surface area (Å²) in [5, 5.41) is 4.18. The average Bonchev–Trinajstić information content (AvgIpc) is 3.27. The van der Waals surface area contributed by atoms with E-state index in [2.05, 4.69) is 14.9 Å². The lowest BCUT2D eigenvalue weighted by atomic mass is 9.86. The predicted octanol–water partition coefficient (Wildman–Crippen LogP) is 3.50. The number of carbonyl (C=O) groups excluding carboxylic acids is 1. The third-order valence-corrected chi connectivity index (χ3v) is 4.90. The molecular formula is C19H21N3O2. The maximum absolute atomic E-state index is 12.7. The number of nitrogens with zero attached hydrogens (tertiary/aromatic N) is 1. The van der Waals surface area contributed by atoms with E-state index in [1.165, 1.54) is 0 Å². The zero-order valence-corrected chi connectivity index (χ0v) is 13.5. The third-order valence-electron chi connectivity index (χ3n) is 4.90. The van der Waals surface area contributed by atoms with Crippen LogP contribution in [-0.4, -0.2) is 28.7 Å². The molecule has 1 fully saturated rings. The number of aromatic nitrogens is 2. The number of H-pyrrole nitrogens is 1. The smallest absolute Gasteiger partial charge is 0.226 e. The molecule has 0 bridgehead atoms. The monoisotopic (exact) mass is 323 g/mol.